The minimum absolute atomic E-state index is 0.223. The van der Waals surface area contributed by atoms with Crippen molar-refractivity contribution in [3.63, 3.8) is 0 Å². The maximum Gasteiger partial charge on any atom is 0.163 e. The molecule has 0 aromatic heterocycles. The molecule has 1 aliphatic carbocycles. The lowest BCUT2D eigenvalue weighted by Crippen LogP contribution is -2.30. The van der Waals surface area contributed by atoms with Crippen molar-refractivity contribution in [2.75, 3.05) is 0 Å². The molecule has 1 aromatic rings. The monoisotopic (exact) mass is 216 g/mol. The predicted molar refractivity (Wildman–Crippen MR) is 66.9 cm³/mol. The molecule has 1 atom stereocenters. The molecule has 0 fully saturated rings. The summed E-state index contributed by atoms with van der Waals surface area (Å²) in [6, 6.07) is 8.16. The zero-order valence-corrected chi connectivity index (χ0v) is 10.3. The lowest BCUT2D eigenvalue weighted by Gasteiger charge is -2.35. The number of carbonyl (C=O) groups excluding carboxylic acids is 1. The third-order valence-electron chi connectivity index (χ3n) is 3.86. The van der Waals surface area contributed by atoms with E-state index < -0.39 is 0 Å². The zero-order chi connectivity index (χ0) is 11.6. The second-order valence-corrected chi connectivity index (χ2v) is 5.13. The zero-order valence-electron chi connectivity index (χ0n) is 10.3. The van der Waals surface area contributed by atoms with Crippen LogP contribution in [0.2, 0.25) is 0 Å². The van der Waals surface area contributed by atoms with Crippen molar-refractivity contribution < 1.29 is 4.79 Å². The normalized spacial score (nSPS) is 24.2. The average Bonchev–Trinajstić information content (AvgIpc) is 2.32. The van der Waals surface area contributed by atoms with Crippen LogP contribution in [0.15, 0.2) is 24.3 Å². The first-order valence-corrected chi connectivity index (χ1v) is 6.30. The Kier molecular flexibility index (Phi) is 3.13. The molecule has 1 aliphatic rings. The van der Waals surface area contributed by atoms with Crippen LogP contribution in [0.4, 0.5) is 0 Å². The topological polar surface area (TPSA) is 17.1 Å². The minimum atomic E-state index is 0.223. The van der Waals surface area contributed by atoms with Crippen molar-refractivity contribution in [3.05, 3.63) is 35.4 Å². The molecule has 86 valence electrons. The molecular formula is C15H20O. The third kappa shape index (κ3) is 1.91. The van der Waals surface area contributed by atoms with Crippen LogP contribution in [-0.2, 0) is 5.41 Å². The number of fused-ring (bicyclic) bond motifs is 1. The Balaban J connectivity index is 2.37. The van der Waals surface area contributed by atoms with Gasteiger partial charge in [-0.2, -0.15) is 0 Å². The Hall–Kier alpha value is -1.11. The molecule has 16 heavy (non-hydrogen) atoms. The van der Waals surface area contributed by atoms with Crippen molar-refractivity contribution in [3.8, 4) is 0 Å². The van der Waals surface area contributed by atoms with Crippen LogP contribution in [0.5, 0.6) is 0 Å². The van der Waals surface area contributed by atoms with Crippen molar-refractivity contribution in [2.45, 2.75) is 51.4 Å². The van der Waals surface area contributed by atoms with Crippen molar-refractivity contribution in [1.82, 2.24) is 0 Å². The van der Waals surface area contributed by atoms with Crippen LogP contribution >= 0.6 is 0 Å². The molecule has 2 rings (SSSR count). The van der Waals surface area contributed by atoms with Gasteiger partial charge in [0.1, 0.15) is 0 Å². The van der Waals surface area contributed by atoms with E-state index in [-0.39, 0.29) is 5.41 Å². The second-order valence-electron chi connectivity index (χ2n) is 5.13. The van der Waals surface area contributed by atoms with Crippen molar-refractivity contribution in [1.29, 1.82) is 0 Å². The molecule has 0 saturated carbocycles. The van der Waals surface area contributed by atoms with Gasteiger partial charge < -0.3 is 0 Å². The van der Waals surface area contributed by atoms with Gasteiger partial charge in [-0.1, -0.05) is 51.0 Å². The van der Waals surface area contributed by atoms with Crippen LogP contribution in [0.3, 0.4) is 0 Å². The summed E-state index contributed by atoms with van der Waals surface area (Å²) in [6.07, 6.45) is 5.42. The third-order valence-corrected chi connectivity index (χ3v) is 3.86. The molecule has 1 heteroatoms. The highest BCUT2D eigenvalue weighted by Crippen LogP contribution is 2.40. The van der Waals surface area contributed by atoms with Gasteiger partial charge in [0.05, 0.1) is 0 Å². The summed E-state index contributed by atoms with van der Waals surface area (Å²) in [5.41, 5.74) is 2.47. The quantitative estimate of drug-likeness (QED) is 0.743. The fourth-order valence-electron chi connectivity index (χ4n) is 2.74. The highest BCUT2D eigenvalue weighted by Gasteiger charge is 2.34. The first kappa shape index (κ1) is 11.4. The van der Waals surface area contributed by atoms with Crippen LogP contribution in [-0.4, -0.2) is 5.78 Å². The lowest BCUT2D eigenvalue weighted by molar-refractivity contribution is 0.0951. The van der Waals surface area contributed by atoms with E-state index in [0.717, 1.165) is 18.4 Å². The Morgan fingerprint density at radius 3 is 2.81 bits per heavy atom. The van der Waals surface area contributed by atoms with E-state index in [1.807, 2.05) is 12.1 Å². The number of rotatable bonds is 3. The summed E-state index contributed by atoms with van der Waals surface area (Å²) < 4.78 is 0. The number of carbonyl (C=O) groups is 1. The van der Waals surface area contributed by atoms with Gasteiger partial charge in [0.2, 0.25) is 0 Å². The van der Waals surface area contributed by atoms with E-state index in [0.29, 0.717) is 5.78 Å². The maximum atomic E-state index is 11.8. The van der Waals surface area contributed by atoms with Gasteiger partial charge in [0, 0.05) is 12.0 Å². The highest BCUT2D eigenvalue weighted by molar-refractivity contribution is 5.99. The number of hydrogen-bond acceptors (Lipinski definition) is 1. The average molecular weight is 216 g/mol. The van der Waals surface area contributed by atoms with Gasteiger partial charge in [0.15, 0.2) is 5.78 Å². The molecule has 0 heterocycles. The molecule has 1 aromatic carbocycles. The van der Waals surface area contributed by atoms with E-state index in [9.17, 15) is 4.79 Å². The number of ketones is 1. The second kappa shape index (κ2) is 4.40. The minimum Gasteiger partial charge on any atom is -0.294 e. The first-order valence-electron chi connectivity index (χ1n) is 6.30. The molecule has 0 unspecified atom stereocenters. The van der Waals surface area contributed by atoms with Crippen LogP contribution in [0, 0.1) is 0 Å². The standard InChI is InChI=1S/C15H20O/c1-3-4-10-15(2)11-9-14(16)12-7-5-6-8-13(12)15/h5-8H,3-4,9-11H2,1-2H3/t15-/m1/s1. The molecule has 0 saturated heterocycles. The summed E-state index contributed by atoms with van der Waals surface area (Å²) >= 11 is 0. The predicted octanol–water partition coefficient (Wildman–Crippen LogP) is 4.11. The van der Waals surface area contributed by atoms with E-state index in [2.05, 4.69) is 26.0 Å². The molecule has 0 aliphatic heterocycles. The summed E-state index contributed by atoms with van der Waals surface area (Å²) in [4.78, 5) is 11.8. The van der Waals surface area contributed by atoms with Crippen molar-refractivity contribution >= 4 is 5.78 Å². The van der Waals surface area contributed by atoms with Gasteiger partial charge in [-0.25, -0.2) is 0 Å². The Labute approximate surface area is 97.9 Å². The largest absolute Gasteiger partial charge is 0.294 e. The summed E-state index contributed by atoms with van der Waals surface area (Å²) in [7, 11) is 0. The molecular weight excluding hydrogens is 196 g/mol. The first-order chi connectivity index (χ1) is 7.67. The van der Waals surface area contributed by atoms with Crippen LogP contribution < -0.4 is 0 Å². The molecule has 0 radical (unpaired) electrons. The van der Waals surface area contributed by atoms with Gasteiger partial charge in [-0.15, -0.1) is 0 Å². The van der Waals surface area contributed by atoms with Gasteiger partial charge in [-0.05, 0) is 23.8 Å². The maximum absolute atomic E-state index is 11.8. The summed E-state index contributed by atoms with van der Waals surface area (Å²) in [5.74, 6) is 0.324. The number of Topliss-reactive ketones (excluding diaryl/α,β-unsaturated/α-hetero) is 1. The van der Waals surface area contributed by atoms with E-state index in [1.165, 1.54) is 24.8 Å². The number of hydrogen-bond donors (Lipinski definition) is 0. The summed E-state index contributed by atoms with van der Waals surface area (Å²) in [5, 5.41) is 0. The smallest absolute Gasteiger partial charge is 0.163 e. The lowest BCUT2D eigenvalue weighted by atomic mass is 9.68. The van der Waals surface area contributed by atoms with Gasteiger partial charge in [-0.3, -0.25) is 4.79 Å². The van der Waals surface area contributed by atoms with Crippen LogP contribution in [0.25, 0.3) is 0 Å². The Morgan fingerprint density at radius 1 is 1.31 bits per heavy atom. The van der Waals surface area contributed by atoms with Crippen LogP contribution in [0.1, 0.15) is 61.9 Å². The highest BCUT2D eigenvalue weighted by atomic mass is 16.1. The fourth-order valence-corrected chi connectivity index (χ4v) is 2.74. The van der Waals surface area contributed by atoms with E-state index in [4.69, 9.17) is 0 Å². The molecule has 0 N–H and O–H groups in total. The molecule has 0 spiro atoms. The fraction of sp³-hybridized carbons (Fsp3) is 0.533. The van der Waals surface area contributed by atoms with E-state index in [1.54, 1.807) is 0 Å². The Morgan fingerprint density at radius 2 is 2.06 bits per heavy atom. The van der Waals surface area contributed by atoms with Crippen molar-refractivity contribution in [2.24, 2.45) is 0 Å². The van der Waals surface area contributed by atoms with E-state index >= 15 is 0 Å². The molecule has 1 nitrogen and oxygen atoms in total. The Bertz CT molecular complexity index is 394. The SMILES string of the molecule is CCCC[C@]1(C)CCC(=O)c2ccccc21. The molecule has 0 bridgehead atoms. The van der Waals surface area contributed by atoms with Gasteiger partial charge in [0.25, 0.3) is 0 Å². The molecule has 0 amide bonds. The summed E-state index contributed by atoms with van der Waals surface area (Å²) in [6.45, 7) is 4.54. The van der Waals surface area contributed by atoms with Gasteiger partial charge >= 0.3 is 0 Å². The number of unbranched alkanes of at least 4 members (excludes halogenated alkanes) is 1. The number of benzene rings is 1.